The molecular weight excluding hydrogens is 471 g/mol. The molecule has 1 unspecified atom stereocenters. The number of sulfonamides is 1. The lowest BCUT2D eigenvalue weighted by atomic mass is 9.69. The van der Waals surface area contributed by atoms with E-state index >= 15 is 0 Å². The zero-order valence-electron chi connectivity index (χ0n) is 17.6. The van der Waals surface area contributed by atoms with Gasteiger partial charge in [-0.25, -0.2) is 13.6 Å². The number of primary sulfonamides is 1. The van der Waals surface area contributed by atoms with Crippen molar-refractivity contribution in [1.29, 1.82) is 0 Å². The third-order valence-corrected chi connectivity index (χ3v) is 7.50. The number of anilines is 1. The van der Waals surface area contributed by atoms with E-state index in [2.05, 4.69) is 0 Å². The Morgan fingerprint density at radius 2 is 1.59 bits per heavy atom. The minimum absolute atomic E-state index is 0.0192. The number of Topliss-reactive ketones (excluding diaryl/α,β-unsaturated/α-hetero) is 1. The molecule has 32 heavy (non-hydrogen) atoms. The van der Waals surface area contributed by atoms with E-state index in [1.165, 1.54) is 29.2 Å². The Morgan fingerprint density at radius 3 is 2.16 bits per heavy atom. The summed E-state index contributed by atoms with van der Waals surface area (Å²) in [6, 6.07) is 10.9. The summed E-state index contributed by atoms with van der Waals surface area (Å²) < 4.78 is 23.2. The summed E-state index contributed by atoms with van der Waals surface area (Å²) in [4.78, 5) is 28.2. The number of amides is 1. The standard InChI is InChI=1S/C23H22Cl2N2O4S/c1-23(2)11-18-22(19(28)12-23)15(21-16(24)4-3-5-17(21)25)10-20(29)27(18)13-6-8-14(9-7-13)32(26,30)31/h3-9,15H,10-12H2,1-2H3,(H2,26,30,31). The van der Waals surface area contributed by atoms with Crippen LogP contribution in [0.5, 0.6) is 0 Å². The lowest BCUT2D eigenvalue weighted by Gasteiger charge is -2.43. The number of nitrogens with two attached hydrogens (primary N) is 1. The molecule has 1 aliphatic carbocycles. The van der Waals surface area contributed by atoms with E-state index in [1.807, 2.05) is 13.8 Å². The number of nitrogens with zero attached hydrogens (tertiary/aromatic N) is 1. The van der Waals surface area contributed by atoms with Crippen LogP contribution in [0.25, 0.3) is 0 Å². The van der Waals surface area contributed by atoms with Crippen molar-refractivity contribution in [2.75, 3.05) is 4.90 Å². The van der Waals surface area contributed by atoms with Crippen molar-refractivity contribution in [3.05, 3.63) is 69.3 Å². The molecule has 1 amide bonds. The van der Waals surface area contributed by atoms with Gasteiger partial charge in [0.15, 0.2) is 5.78 Å². The van der Waals surface area contributed by atoms with Gasteiger partial charge in [-0.1, -0.05) is 43.1 Å². The van der Waals surface area contributed by atoms with Gasteiger partial charge in [-0.05, 0) is 53.8 Å². The van der Waals surface area contributed by atoms with Gasteiger partial charge in [0, 0.05) is 45.8 Å². The fraction of sp³-hybridized carbons (Fsp3) is 0.304. The van der Waals surface area contributed by atoms with Crippen LogP contribution in [0, 0.1) is 5.41 Å². The molecule has 2 N–H and O–H groups in total. The molecule has 2 aromatic rings. The summed E-state index contributed by atoms with van der Waals surface area (Å²) in [7, 11) is -3.87. The number of halogens is 2. The predicted molar refractivity (Wildman–Crippen MR) is 124 cm³/mol. The van der Waals surface area contributed by atoms with Crippen LogP contribution in [0.15, 0.2) is 58.6 Å². The number of allylic oxidation sites excluding steroid dienone is 2. The molecule has 6 nitrogen and oxygen atoms in total. The monoisotopic (exact) mass is 492 g/mol. The highest BCUT2D eigenvalue weighted by Crippen LogP contribution is 2.50. The molecule has 4 rings (SSSR count). The van der Waals surface area contributed by atoms with Gasteiger partial charge in [-0.15, -0.1) is 0 Å². The summed E-state index contributed by atoms with van der Waals surface area (Å²) in [5.41, 5.74) is 1.85. The molecule has 0 radical (unpaired) electrons. The van der Waals surface area contributed by atoms with Gasteiger partial charge in [0.1, 0.15) is 0 Å². The van der Waals surface area contributed by atoms with Crippen LogP contribution in [0.4, 0.5) is 5.69 Å². The summed E-state index contributed by atoms with van der Waals surface area (Å²) >= 11 is 12.9. The fourth-order valence-electron chi connectivity index (χ4n) is 4.59. The Balaban J connectivity index is 1.91. The molecule has 0 bridgehead atoms. The number of benzene rings is 2. The Hall–Kier alpha value is -2.19. The minimum Gasteiger partial charge on any atom is -0.294 e. The smallest absolute Gasteiger partial charge is 0.238 e. The first-order valence-corrected chi connectivity index (χ1v) is 12.4. The highest BCUT2D eigenvalue weighted by atomic mass is 35.5. The molecule has 9 heteroatoms. The average molecular weight is 493 g/mol. The molecule has 0 spiro atoms. The summed E-state index contributed by atoms with van der Waals surface area (Å²) in [6.07, 6.45) is 0.859. The number of hydrogen-bond acceptors (Lipinski definition) is 4. The van der Waals surface area contributed by atoms with Gasteiger partial charge in [-0.2, -0.15) is 0 Å². The van der Waals surface area contributed by atoms with Crippen molar-refractivity contribution in [1.82, 2.24) is 0 Å². The topological polar surface area (TPSA) is 97.5 Å². The van der Waals surface area contributed by atoms with Crippen LogP contribution >= 0.6 is 23.2 Å². The Morgan fingerprint density at radius 1 is 1.00 bits per heavy atom. The van der Waals surface area contributed by atoms with Gasteiger partial charge in [-0.3, -0.25) is 14.5 Å². The van der Waals surface area contributed by atoms with Crippen LogP contribution in [0.3, 0.4) is 0 Å². The quantitative estimate of drug-likeness (QED) is 0.664. The molecule has 1 aliphatic heterocycles. The highest BCUT2D eigenvalue weighted by Gasteiger charge is 2.45. The van der Waals surface area contributed by atoms with Crippen LogP contribution < -0.4 is 10.0 Å². The van der Waals surface area contributed by atoms with Crippen molar-refractivity contribution in [3.8, 4) is 0 Å². The highest BCUT2D eigenvalue weighted by molar-refractivity contribution is 7.89. The van der Waals surface area contributed by atoms with E-state index in [0.717, 1.165) is 0 Å². The Kier molecular flexibility index (Phi) is 5.74. The zero-order valence-corrected chi connectivity index (χ0v) is 19.9. The largest absolute Gasteiger partial charge is 0.294 e. The fourth-order valence-corrected chi connectivity index (χ4v) is 5.77. The maximum atomic E-state index is 13.4. The molecule has 168 valence electrons. The second-order valence-electron chi connectivity index (χ2n) is 8.96. The molecule has 0 saturated carbocycles. The first-order valence-electron chi connectivity index (χ1n) is 10.0. The Labute approximate surface area is 197 Å². The molecule has 1 atom stereocenters. The summed E-state index contributed by atoms with van der Waals surface area (Å²) in [6.45, 7) is 3.96. The van der Waals surface area contributed by atoms with Crippen molar-refractivity contribution in [3.63, 3.8) is 0 Å². The molecule has 0 fully saturated rings. The normalized spacial score (nSPS) is 21.0. The molecule has 2 aliphatic rings. The van der Waals surface area contributed by atoms with E-state index in [-0.39, 0.29) is 28.4 Å². The first-order chi connectivity index (χ1) is 14.9. The number of rotatable bonds is 3. The lowest BCUT2D eigenvalue weighted by Crippen LogP contribution is -2.43. The number of carbonyl (C=O) groups excluding carboxylic acids is 2. The summed E-state index contributed by atoms with van der Waals surface area (Å²) in [5, 5.41) is 6.01. The molecule has 1 heterocycles. The lowest BCUT2D eigenvalue weighted by molar-refractivity contribution is -0.121. The first kappa shape index (κ1) is 23.0. The number of carbonyl (C=O) groups is 2. The van der Waals surface area contributed by atoms with Crippen molar-refractivity contribution in [2.24, 2.45) is 10.6 Å². The van der Waals surface area contributed by atoms with Crippen LogP contribution in [-0.2, 0) is 19.6 Å². The van der Waals surface area contributed by atoms with E-state index in [9.17, 15) is 18.0 Å². The number of hydrogen-bond donors (Lipinski definition) is 1. The third kappa shape index (κ3) is 4.10. The van der Waals surface area contributed by atoms with Crippen LogP contribution in [-0.4, -0.2) is 20.1 Å². The predicted octanol–water partition coefficient (Wildman–Crippen LogP) is 4.80. The number of ketones is 1. The average Bonchev–Trinajstić information content (AvgIpc) is 2.66. The van der Waals surface area contributed by atoms with Crippen molar-refractivity contribution in [2.45, 2.75) is 43.9 Å². The van der Waals surface area contributed by atoms with Crippen molar-refractivity contribution < 1.29 is 18.0 Å². The van der Waals surface area contributed by atoms with Crippen LogP contribution in [0.2, 0.25) is 10.0 Å². The molecule has 2 aromatic carbocycles. The van der Waals surface area contributed by atoms with Crippen LogP contribution in [0.1, 0.15) is 44.6 Å². The van der Waals surface area contributed by atoms with E-state index in [4.69, 9.17) is 28.3 Å². The summed E-state index contributed by atoms with van der Waals surface area (Å²) in [5.74, 6) is -0.809. The minimum atomic E-state index is -3.87. The molecule has 0 saturated heterocycles. The van der Waals surface area contributed by atoms with Gasteiger partial charge < -0.3 is 0 Å². The zero-order chi connectivity index (χ0) is 23.4. The maximum Gasteiger partial charge on any atom is 0.238 e. The Bertz CT molecular complexity index is 1250. The second-order valence-corrected chi connectivity index (χ2v) is 11.3. The van der Waals surface area contributed by atoms with Gasteiger partial charge in [0.25, 0.3) is 0 Å². The van der Waals surface area contributed by atoms with E-state index < -0.39 is 15.9 Å². The molecule has 0 aromatic heterocycles. The van der Waals surface area contributed by atoms with Gasteiger partial charge >= 0.3 is 0 Å². The second kappa shape index (κ2) is 7.99. The van der Waals surface area contributed by atoms with Crippen molar-refractivity contribution >= 4 is 50.6 Å². The maximum absolute atomic E-state index is 13.4. The van der Waals surface area contributed by atoms with E-state index in [1.54, 1.807) is 18.2 Å². The molecular formula is C23H22Cl2N2O4S. The van der Waals surface area contributed by atoms with Gasteiger partial charge in [0.05, 0.1) is 4.90 Å². The van der Waals surface area contributed by atoms with Gasteiger partial charge in [0.2, 0.25) is 15.9 Å². The van der Waals surface area contributed by atoms with E-state index in [0.29, 0.717) is 45.4 Å². The third-order valence-electron chi connectivity index (χ3n) is 5.91. The SMILES string of the molecule is CC1(C)CC(=O)C2=C(C1)N(c1ccc(S(N)(=O)=O)cc1)C(=O)CC2c1c(Cl)cccc1Cl.